The number of thiazole rings is 1. The third-order valence-corrected chi connectivity index (χ3v) is 7.82. The molecule has 0 radical (unpaired) electrons. The number of nitrogens with zero attached hydrogens (tertiary/aromatic N) is 3. The summed E-state index contributed by atoms with van der Waals surface area (Å²) in [5.74, 6) is 0.925. The van der Waals surface area contributed by atoms with Crippen LogP contribution in [0.25, 0.3) is 0 Å². The molecule has 2 N–H and O–H groups in total. The average Bonchev–Trinajstić information content (AvgIpc) is 3.34. The minimum atomic E-state index is -0.259. The van der Waals surface area contributed by atoms with E-state index in [2.05, 4.69) is 25.8 Å². The number of hydrogen-bond donors (Lipinski definition) is 2. The van der Waals surface area contributed by atoms with Gasteiger partial charge < -0.3 is 10.6 Å². The van der Waals surface area contributed by atoms with Gasteiger partial charge in [-0.3, -0.25) is 9.59 Å². The fourth-order valence-electron chi connectivity index (χ4n) is 2.65. The SMILES string of the molecule is O=C(CCC(=O)Nc1nnc(SCc2ccc(Cl)cc2)s1)NCc1csc(C2CC2)n1. The van der Waals surface area contributed by atoms with E-state index < -0.39 is 0 Å². The van der Waals surface area contributed by atoms with E-state index in [0.29, 0.717) is 22.6 Å². The predicted molar refractivity (Wildman–Crippen MR) is 125 cm³/mol. The Labute approximate surface area is 197 Å². The van der Waals surface area contributed by atoms with Gasteiger partial charge in [-0.25, -0.2) is 4.98 Å². The molecule has 3 aromatic rings. The van der Waals surface area contributed by atoms with Gasteiger partial charge in [0.05, 0.1) is 17.2 Å². The lowest BCUT2D eigenvalue weighted by Gasteiger charge is -2.03. The Morgan fingerprint density at radius 3 is 2.68 bits per heavy atom. The summed E-state index contributed by atoms with van der Waals surface area (Å²) in [5.41, 5.74) is 2.00. The Hall–Kier alpha value is -2.01. The lowest BCUT2D eigenvalue weighted by molar-refractivity contribution is -0.124. The fourth-order valence-corrected chi connectivity index (χ4v) is 5.49. The summed E-state index contributed by atoms with van der Waals surface area (Å²) < 4.78 is 0.761. The van der Waals surface area contributed by atoms with Crippen LogP contribution in [0.15, 0.2) is 34.0 Å². The van der Waals surface area contributed by atoms with Crippen LogP contribution in [0.2, 0.25) is 5.02 Å². The van der Waals surface area contributed by atoms with E-state index in [1.54, 1.807) is 11.3 Å². The first-order valence-electron chi connectivity index (χ1n) is 9.77. The van der Waals surface area contributed by atoms with Crippen LogP contribution in [0.4, 0.5) is 5.13 Å². The van der Waals surface area contributed by atoms with Crippen molar-refractivity contribution in [3.05, 3.63) is 50.9 Å². The highest BCUT2D eigenvalue weighted by Crippen LogP contribution is 2.41. The standard InChI is InChI=1S/C20H20ClN5O2S3/c21-14-5-1-12(2-6-14)10-30-20-26-25-19(31-20)24-17(28)8-7-16(27)22-9-15-11-29-18(23-15)13-3-4-13/h1-2,5-6,11,13H,3-4,7-10H2,(H,22,27)(H,24,25,28). The molecule has 162 valence electrons. The van der Waals surface area contributed by atoms with Gasteiger partial charge in [-0.05, 0) is 30.5 Å². The first kappa shape index (κ1) is 22.2. The number of amides is 2. The van der Waals surface area contributed by atoms with E-state index in [9.17, 15) is 9.59 Å². The van der Waals surface area contributed by atoms with Gasteiger partial charge in [0.1, 0.15) is 0 Å². The molecular formula is C20H20ClN5O2S3. The fraction of sp³-hybridized carbons (Fsp3) is 0.350. The van der Waals surface area contributed by atoms with Gasteiger partial charge in [-0.15, -0.1) is 21.5 Å². The molecule has 0 spiro atoms. The van der Waals surface area contributed by atoms with Crippen LogP contribution in [-0.2, 0) is 21.9 Å². The van der Waals surface area contributed by atoms with Crippen LogP contribution in [0.5, 0.6) is 0 Å². The molecular weight excluding hydrogens is 474 g/mol. The summed E-state index contributed by atoms with van der Waals surface area (Å²) in [6.45, 7) is 0.397. The maximum Gasteiger partial charge on any atom is 0.226 e. The van der Waals surface area contributed by atoms with Crippen molar-refractivity contribution in [3.63, 3.8) is 0 Å². The second-order valence-corrected chi connectivity index (χ2v) is 10.6. The maximum absolute atomic E-state index is 12.1. The minimum absolute atomic E-state index is 0.0864. The van der Waals surface area contributed by atoms with Crippen LogP contribution in [0, 0.1) is 0 Å². The van der Waals surface area contributed by atoms with Gasteiger partial charge in [0, 0.05) is 34.9 Å². The number of thioether (sulfide) groups is 1. The van der Waals surface area contributed by atoms with Crippen LogP contribution >= 0.6 is 46.0 Å². The molecule has 2 amide bonds. The largest absolute Gasteiger partial charge is 0.350 e. The molecule has 0 atom stereocenters. The third kappa shape index (κ3) is 6.99. The summed E-state index contributed by atoms with van der Waals surface area (Å²) in [6.07, 6.45) is 2.63. The summed E-state index contributed by atoms with van der Waals surface area (Å²) in [5, 5.41) is 17.9. The molecule has 2 aromatic heterocycles. The maximum atomic E-state index is 12.1. The molecule has 0 unspecified atom stereocenters. The van der Waals surface area contributed by atoms with E-state index in [-0.39, 0.29) is 24.7 Å². The highest BCUT2D eigenvalue weighted by Gasteiger charge is 2.26. The zero-order valence-corrected chi connectivity index (χ0v) is 19.7. The molecule has 0 saturated heterocycles. The normalized spacial score (nSPS) is 13.2. The van der Waals surface area contributed by atoms with E-state index in [1.807, 2.05) is 29.6 Å². The number of anilines is 1. The van der Waals surface area contributed by atoms with Gasteiger partial charge in [0.15, 0.2) is 4.34 Å². The lowest BCUT2D eigenvalue weighted by atomic mass is 10.2. The third-order valence-electron chi connectivity index (χ3n) is 4.47. The molecule has 1 fully saturated rings. The van der Waals surface area contributed by atoms with E-state index >= 15 is 0 Å². The van der Waals surface area contributed by atoms with E-state index in [1.165, 1.54) is 35.9 Å². The van der Waals surface area contributed by atoms with Crippen molar-refractivity contribution in [2.24, 2.45) is 0 Å². The van der Waals surface area contributed by atoms with Crippen molar-refractivity contribution in [3.8, 4) is 0 Å². The van der Waals surface area contributed by atoms with Crippen LogP contribution in [0.1, 0.15) is 47.9 Å². The van der Waals surface area contributed by atoms with Crippen molar-refractivity contribution in [1.29, 1.82) is 0 Å². The van der Waals surface area contributed by atoms with Gasteiger partial charge in [-0.1, -0.05) is 46.8 Å². The van der Waals surface area contributed by atoms with Crippen molar-refractivity contribution >= 4 is 63.0 Å². The van der Waals surface area contributed by atoms with E-state index in [0.717, 1.165) is 26.4 Å². The lowest BCUT2D eigenvalue weighted by Crippen LogP contribution is -2.24. The molecule has 31 heavy (non-hydrogen) atoms. The predicted octanol–water partition coefficient (Wildman–Crippen LogP) is 4.85. The molecule has 0 bridgehead atoms. The smallest absolute Gasteiger partial charge is 0.226 e. The Morgan fingerprint density at radius 2 is 1.90 bits per heavy atom. The molecule has 2 heterocycles. The van der Waals surface area contributed by atoms with Gasteiger partial charge >= 0.3 is 0 Å². The van der Waals surface area contributed by atoms with Crippen molar-refractivity contribution < 1.29 is 9.59 Å². The van der Waals surface area contributed by atoms with Crippen LogP contribution in [-0.4, -0.2) is 27.0 Å². The van der Waals surface area contributed by atoms with Gasteiger partial charge in [-0.2, -0.15) is 0 Å². The van der Waals surface area contributed by atoms with Gasteiger partial charge in [0.2, 0.25) is 16.9 Å². The zero-order valence-electron chi connectivity index (χ0n) is 16.5. The second-order valence-electron chi connectivity index (χ2n) is 7.06. The van der Waals surface area contributed by atoms with Crippen molar-refractivity contribution in [1.82, 2.24) is 20.5 Å². The van der Waals surface area contributed by atoms with Crippen LogP contribution < -0.4 is 10.6 Å². The van der Waals surface area contributed by atoms with Crippen molar-refractivity contribution in [2.45, 2.75) is 48.2 Å². The number of halogens is 1. The highest BCUT2D eigenvalue weighted by atomic mass is 35.5. The number of rotatable bonds is 10. The summed E-state index contributed by atoms with van der Waals surface area (Å²) in [4.78, 5) is 28.7. The highest BCUT2D eigenvalue weighted by molar-refractivity contribution is 8.00. The number of benzene rings is 1. The number of aromatic nitrogens is 3. The quantitative estimate of drug-likeness (QED) is 0.309. The Kier molecular flexibility index (Phi) is 7.54. The summed E-state index contributed by atoms with van der Waals surface area (Å²) in [7, 11) is 0. The first-order valence-corrected chi connectivity index (χ1v) is 12.8. The zero-order chi connectivity index (χ0) is 21.6. The molecule has 11 heteroatoms. The minimum Gasteiger partial charge on any atom is -0.350 e. The Morgan fingerprint density at radius 1 is 1.13 bits per heavy atom. The number of hydrogen-bond acceptors (Lipinski definition) is 8. The number of nitrogens with one attached hydrogen (secondary N) is 2. The number of carbonyl (C=O) groups excluding carboxylic acids is 2. The first-order chi connectivity index (χ1) is 15.0. The van der Waals surface area contributed by atoms with Crippen LogP contribution in [0.3, 0.4) is 0 Å². The molecule has 1 aromatic carbocycles. The van der Waals surface area contributed by atoms with Gasteiger partial charge in [0.25, 0.3) is 0 Å². The molecule has 0 aliphatic heterocycles. The van der Waals surface area contributed by atoms with Crippen molar-refractivity contribution in [2.75, 3.05) is 5.32 Å². The Balaban J connectivity index is 1.14. The molecule has 4 rings (SSSR count). The summed E-state index contributed by atoms with van der Waals surface area (Å²) in [6, 6.07) is 7.62. The molecule has 1 aliphatic carbocycles. The second kappa shape index (κ2) is 10.5. The Bertz CT molecular complexity index is 1050. The monoisotopic (exact) mass is 493 g/mol. The van der Waals surface area contributed by atoms with E-state index in [4.69, 9.17) is 11.6 Å². The number of carbonyl (C=O) groups is 2. The molecule has 7 nitrogen and oxygen atoms in total. The topological polar surface area (TPSA) is 96.9 Å². The average molecular weight is 494 g/mol. The summed E-state index contributed by atoms with van der Waals surface area (Å²) >= 11 is 10.4. The molecule has 1 saturated carbocycles. The molecule has 1 aliphatic rings.